The van der Waals surface area contributed by atoms with Gasteiger partial charge in [-0.3, -0.25) is 4.40 Å². The maximum Gasteiger partial charge on any atom is 0.236 e. The molecule has 3 heterocycles. The first-order valence-corrected chi connectivity index (χ1v) is 13.3. The van der Waals surface area contributed by atoms with Gasteiger partial charge in [-0.2, -0.15) is 9.29 Å². The maximum absolute atomic E-state index is 12.5. The van der Waals surface area contributed by atoms with E-state index in [0.717, 1.165) is 23.1 Å². The number of halogens is 2. The number of fused-ring (bicyclic) bond motifs is 1. The first-order chi connectivity index (χ1) is 15.8. The van der Waals surface area contributed by atoms with Crippen LogP contribution in [-0.4, -0.2) is 70.7 Å². The first-order valence-electron chi connectivity index (χ1n) is 10.6. The summed E-state index contributed by atoms with van der Waals surface area (Å²) in [6, 6.07) is 3.43. The van der Waals surface area contributed by atoms with E-state index in [2.05, 4.69) is 25.8 Å². The van der Waals surface area contributed by atoms with Crippen molar-refractivity contribution in [2.75, 3.05) is 38.2 Å². The minimum absolute atomic E-state index is 0.187. The Morgan fingerprint density at radius 1 is 1.18 bits per heavy atom. The van der Waals surface area contributed by atoms with Gasteiger partial charge in [0.2, 0.25) is 15.8 Å². The molecule has 0 spiro atoms. The lowest BCUT2D eigenvalue weighted by Crippen LogP contribution is -2.50. The summed E-state index contributed by atoms with van der Waals surface area (Å²) in [5.41, 5.74) is 1.97. The Bertz CT molecular complexity index is 1320. The number of hydrogen-bond donors (Lipinski definition) is 1. The Kier molecular flexibility index (Phi) is 6.02. The number of nitrogens with zero attached hydrogens (tertiary/aromatic N) is 5. The maximum atomic E-state index is 12.5. The lowest BCUT2D eigenvalue weighted by Gasteiger charge is -2.35. The average molecular weight is 557 g/mol. The molecule has 0 atom stereocenters. The fourth-order valence-corrected chi connectivity index (χ4v) is 6.72. The lowest BCUT2D eigenvalue weighted by atomic mass is 10.1. The summed E-state index contributed by atoms with van der Waals surface area (Å²) in [6.45, 7) is 1.82. The molecule has 12 heteroatoms. The minimum Gasteiger partial charge on any atom is -0.495 e. The number of aromatic nitrogens is 3. The van der Waals surface area contributed by atoms with Gasteiger partial charge in [-0.05, 0) is 46.5 Å². The van der Waals surface area contributed by atoms with Crippen LogP contribution in [-0.2, 0) is 16.6 Å². The summed E-state index contributed by atoms with van der Waals surface area (Å²) in [6.07, 6.45) is 5.25. The largest absolute Gasteiger partial charge is 0.495 e. The molecule has 2 fully saturated rings. The molecule has 3 aromatic rings. The minimum atomic E-state index is -3.16. The Balaban J connectivity index is 1.43. The summed E-state index contributed by atoms with van der Waals surface area (Å²) in [5.74, 6) is 1.70. The molecule has 2 aliphatic rings. The van der Waals surface area contributed by atoms with Crippen molar-refractivity contribution in [2.45, 2.75) is 24.7 Å². The summed E-state index contributed by atoms with van der Waals surface area (Å²) >= 11 is 9.91. The predicted octanol–water partition coefficient (Wildman–Crippen LogP) is 2.93. The summed E-state index contributed by atoms with van der Waals surface area (Å²) in [7, 11) is -1.64. The molecule has 0 bridgehead atoms. The topological polar surface area (TPSA) is 100 Å². The molecule has 1 saturated carbocycles. The molecule has 1 aliphatic carbocycles. The number of methoxy groups -OCH3 is 1. The summed E-state index contributed by atoms with van der Waals surface area (Å²) < 4.78 is 34.5. The fraction of sp³-hybridized carbons (Fsp3) is 0.429. The Morgan fingerprint density at radius 2 is 1.91 bits per heavy atom. The molecule has 0 unspecified atom stereocenters. The second-order valence-corrected chi connectivity index (χ2v) is 11.7. The van der Waals surface area contributed by atoms with Crippen molar-refractivity contribution in [3.63, 3.8) is 0 Å². The summed E-state index contributed by atoms with van der Waals surface area (Å²) in [5, 5.41) is 10.1. The van der Waals surface area contributed by atoms with Crippen molar-refractivity contribution < 1.29 is 18.3 Å². The van der Waals surface area contributed by atoms with Gasteiger partial charge in [0.05, 0.1) is 34.2 Å². The Hall–Kier alpha value is -1.92. The normalized spacial score (nSPS) is 17.6. The van der Waals surface area contributed by atoms with E-state index in [1.807, 2.05) is 12.4 Å². The number of anilines is 1. The highest BCUT2D eigenvalue weighted by Gasteiger charge is 2.41. The van der Waals surface area contributed by atoms with Crippen LogP contribution in [0.3, 0.4) is 0 Å². The van der Waals surface area contributed by atoms with Crippen LogP contribution in [0.1, 0.15) is 18.4 Å². The lowest BCUT2D eigenvalue weighted by molar-refractivity contribution is 0.281. The zero-order valence-corrected chi connectivity index (χ0v) is 21.1. The Morgan fingerprint density at radius 3 is 2.55 bits per heavy atom. The number of imidazole rings is 1. The second kappa shape index (κ2) is 8.70. The van der Waals surface area contributed by atoms with Gasteiger partial charge in [0.1, 0.15) is 11.6 Å². The molecular weight excluding hydrogens is 534 g/mol. The second-order valence-electron chi connectivity index (χ2n) is 8.18. The molecular formula is C21H23BrClN5O4S. The van der Waals surface area contributed by atoms with E-state index >= 15 is 0 Å². The van der Waals surface area contributed by atoms with Crippen LogP contribution in [0.5, 0.6) is 5.75 Å². The number of piperazine rings is 1. The van der Waals surface area contributed by atoms with Crippen molar-refractivity contribution in [3.8, 4) is 17.0 Å². The summed E-state index contributed by atoms with van der Waals surface area (Å²) in [4.78, 5) is 11.5. The molecule has 176 valence electrons. The number of rotatable bonds is 6. The predicted molar refractivity (Wildman–Crippen MR) is 129 cm³/mol. The van der Waals surface area contributed by atoms with Crippen molar-refractivity contribution in [1.82, 2.24) is 18.7 Å². The van der Waals surface area contributed by atoms with Gasteiger partial charge < -0.3 is 14.7 Å². The van der Waals surface area contributed by atoms with Gasteiger partial charge in [0.15, 0.2) is 0 Å². The zero-order valence-electron chi connectivity index (χ0n) is 17.9. The monoisotopic (exact) mass is 555 g/mol. The highest BCUT2D eigenvalue weighted by Crippen LogP contribution is 2.35. The van der Waals surface area contributed by atoms with Crippen LogP contribution < -0.4 is 9.64 Å². The molecule has 33 heavy (non-hydrogen) atoms. The van der Waals surface area contributed by atoms with Crippen molar-refractivity contribution in [1.29, 1.82) is 0 Å². The highest BCUT2D eigenvalue weighted by atomic mass is 79.9. The quantitative estimate of drug-likeness (QED) is 0.498. The Labute approximate surface area is 205 Å². The van der Waals surface area contributed by atoms with Gasteiger partial charge >= 0.3 is 0 Å². The number of ether oxygens (including phenoxy) is 1. The molecule has 0 amide bonds. The molecule has 1 saturated heterocycles. The van der Waals surface area contributed by atoms with E-state index < -0.39 is 10.0 Å². The van der Waals surface area contributed by atoms with E-state index in [9.17, 15) is 13.5 Å². The van der Waals surface area contributed by atoms with Crippen LogP contribution >= 0.6 is 27.5 Å². The van der Waals surface area contributed by atoms with Gasteiger partial charge in [0.25, 0.3) is 0 Å². The van der Waals surface area contributed by atoms with Crippen LogP contribution in [0, 0.1) is 0 Å². The molecule has 9 nitrogen and oxygen atoms in total. The van der Waals surface area contributed by atoms with E-state index in [0.29, 0.717) is 59.5 Å². The highest BCUT2D eigenvalue weighted by molar-refractivity contribution is 9.10. The number of benzene rings is 1. The molecule has 0 radical (unpaired) electrons. The van der Waals surface area contributed by atoms with Crippen molar-refractivity contribution >= 4 is 49.1 Å². The van der Waals surface area contributed by atoms with Gasteiger partial charge in [-0.25, -0.2) is 13.4 Å². The van der Waals surface area contributed by atoms with E-state index in [4.69, 9.17) is 21.3 Å². The van der Waals surface area contributed by atoms with Crippen LogP contribution in [0.25, 0.3) is 17.0 Å². The average Bonchev–Trinajstić information content (AvgIpc) is 3.60. The van der Waals surface area contributed by atoms with Crippen molar-refractivity contribution in [2.24, 2.45) is 0 Å². The fourth-order valence-electron chi connectivity index (χ4n) is 4.09. The van der Waals surface area contributed by atoms with E-state index in [-0.39, 0.29) is 11.9 Å². The smallest absolute Gasteiger partial charge is 0.236 e. The van der Waals surface area contributed by atoms with Gasteiger partial charge in [-0.1, -0.05) is 11.6 Å². The molecule has 1 N–H and O–H groups in total. The standard InChI is InChI=1S/C21H23BrClN5O4S/c1-32-19-8-13(12-29)15(9-17(19)23)18-11-27-10-16(22)20(25-21(27)24-18)26-4-6-28(7-5-26)33(30,31)14-2-3-14/h8-11,14,29H,2-7,12H2,1H3. The van der Waals surface area contributed by atoms with E-state index in [1.165, 1.54) is 7.11 Å². The molecule has 1 aromatic carbocycles. The van der Waals surface area contributed by atoms with Crippen molar-refractivity contribution in [3.05, 3.63) is 39.6 Å². The van der Waals surface area contributed by atoms with Crippen LogP contribution in [0.4, 0.5) is 5.82 Å². The van der Waals surface area contributed by atoms with Crippen LogP contribution in [0.2, 0.25) is 5.02 Å². The number of hydrogen-bond acceptors (Lipinski definition) is 7. The third-order valence-corrected chi connectivity index (χ3v) is 9.31. The SMILES string of the molecule is COc1cc(CO)c(-c2cn3cc(Br)c(N4CCN(S(=O)(=O)C5CC5)CC4)nc3n2)cc1Cl. The number of sulfonamides is 1. The third kappa shape index (κ3) is 4.21. The van der Waals surface area contributed by atoms with Gasteiger partial charge in [-0.15, -0.1) is 0 Å². The zero-order chi connectivity index (χ0) is 23.3. The number of aliphatic hydroxyl groups is 1. The van der Waals surface area contributed by atoms with Crippen LogP contribution in [0.15, 0.2) is 29.0 Å². The third-order valence-electron chi connectivity index (χ3n) is 6.05. The molecule has 2 aromatic heterocycles. The number of aliphatic hydroxyl groups excluding tert-OH is 1. The molecule has 1 aliphatic heterocycles. The molecule has 5 rings (SSSR count). The van der Waals surface area contributed by atoms with Gasteiger partial charge in [0, 0.05) is 44.1 Å². The first kappa shape index (κ1) is 22.9. The van der Waals surface area contributed by atoms with E-state index in [1.54, 1.807) is 20.8 Å².